The summed E-state index contributed by atoms with van der Waals surface area (Å²) in [7, 11) is 0. The number of rotatable bonds is 10. The summed E-state index contributed by atoms with van der Waals surface area (Å²) in [6.07, 6.45) is 5.75. The van der Waals surface area contributed by atoms with Gasteiger partial charge in [-0.3, -0.25) is 4.79 Å². The minimum absolute atomic E-state index is 0.260. The normalized spacial score (nSPS) is 12.4. The molecule has 0 spiro atoms. The molecule has 21 heavy (non-hydrogen) atoms. The molecule has 0 saturated heterocycles. The van der Waals surface area contributed by atoms with Crippen molar-refractivity contribution in [2.75, 3.05) is 11.9 Å². The molecular formula is C16H27N3O2. The number of aliphatic carboxylic acids is 1. The molecule has 0 bridgehead atoms. The molecule has 2 N–H and O–H groups in total. The fraction of sp³-hybridized carbons (Fsp3) is 0.688. The zero-order valence-corrected chi connectivity index (χ0v) is 13.3. The van der Waals surface area contributed by atoms with E-state index in [1.54, 1.807) is 6.33 Å². The third-order valence-electron chi connectivity index (χ3n) is 3.60. The zero-order chi connectivity index (χ0) is 15.7. The maximum atomic E-state index is 10.7. The summed E-state index contributed by atoms with van der Waals surface area (Å²) >= 11 is 0. The van der Waals surface area contributed by atoms with Gasteiger partial charge in [-0.2, -0.15) is 0 Å². The number of aromatic nitrogens is 2. The number of nitrogens with zero attached hydrogens (tertiary/aromatic N) is 2. The largest absolute Gasteiger partial charge is 0.481 e. The third kappa shape index (κ3) is 7.06. The summed E-state index contributed by atoms with van der Waals surface area (Å²) in [5.41, 5.74) is 1.03. The molecule has 0 aliphatic carbocycles. The van der Waals surface area contributed by atoms with Crippen LogP contribution in [0.4, 0.5) is 5.82 Å². The van der Waals surface area contributed by atoms with Gasteiger partial charge in [0.1, 0.15) is 12.1 Å². The SMILES string of the molecule is CCCC(CCNc1cc(C(C)C)ncn1)CCC(=O)O. The van der Waals surface area contributed by atoms with Crippen LogP contribution in [0.25, 0.3) is 0 Å². The third-order valence-corrected chi connectivity index (χ3v) is 3.60. The first-order valence-corrected chi connectivity index (χ1v) is 7.80. The van der Waals surface area contributed by atoms with Crippen LogP contribution in [0.2, 0.25) is 0 Å². The molecule has 1 unspecified atom stereocenters. The highest BCUT2D eigenvalue weighted by Gasteiger charge is 2.10. The lowest BCUT2D eigenvalue weighted by molar-refractivity contribution is -0.137. The van der Waals surface area contributed by atoms with E-state index < -0.39 is 5.97 Å². The number of hydrogen-bond acceptors (Lipinski definition) is 4. The molecule has 118 valence electrons. The van der Waals surface area contributed by atoms with Gasteiger partial charge in [0.05, 0.1) is 0 Å². The fourth-order valence-corrected chi connectivity index (χ4v) is 2.36. The number of carboxylic acids is 1. The van der Waals surface area contributed by atoms with Crippen molar-refractivity contribution in [1.82, 2.24) is 9.97 Å². The number of carbonyl (C=O) groups is 1. The summed E-state index contributed by atoms with van der Waals surface area (Å²) in [5.74, 6) is 0.991. The number of nitrogens with one attached hydrogen (secondary N) is 1. The Morgan fingerprint density at radius 1 is 1.29 bits per heavy atom. The van der Waals surface area contributed by atoms with Gasteiger partial charge in [0, 0.05) is 24.7 Å². The van der Waals surface area contributed by atoms with E-state index in [1.165, 1.54) is 0 Å². The van der Waals surface area contributed by atoms with Gasteiger partial charge < -0.3 is 10.4 Å². The van der Waals surface area contributed by atoms with Gasteiger partial charge in [-0.05, 0) is 24.7 Å². The Morgan fingerprint density at radius 3 is 2.67 bits per heavy atom. The van der Waals surface area contributed by atoms with E-state index in [2.05, 4.69) is 36.1 Å². The topological polar surface area (TPSA) is 75.1 Å². The van der Waals surface area contributed by atoms with E-state index >= 15 is 0 Å². The first-order chi connectivity index (χ1) is 10.0. The van der Waals surface area contributed by atoms with Crippen molar-refractivity contribution in [1.29, 1.82) is 0 Å². The number of hydrogen-bond donors (Lipinski definition) is 2. The van der Waals surface area contributed by atoms with Crippen LogP contribution >= 0.6 is 0 Å². The van der Waals surface area contributed by atoms with Crippen molar-refractivity contribution in [3.8, 4) is 0 Å². The molecule has 1 heterocycles. The molecule has 1 rings (SSSR count). The number of carboxylic acid groups (broad SMARTS) is 1. The van der Waals surface area contributed by atoms with Crippen molar-refractivity contribution in [3.63, 3.8) is 0 Å². The van der Waals surface area contributed by atoms with E-state index in [0.717, 1.165) is 43.7 Å². The molecule has 0 saturated carbocycles. The lowest BCUT2D eigenvalue weighted by atomic mass is 9.94. The summed E-state index contributed by atoms with van der Waals surface area (Å²) in [6, 6.07) is 1.98. The van der Waals surface area contributed by atoms with E-state index in [-0.39, 0.29) is 6.42 Å². The molecule has 1 aromatic rings. The monoisotopic (exact) mass is 293 g/mol. The van der Waals surface area contributed by atoms with Crippen LogP contribution in [0, 0.1) is 5.92 Å². The molecule has 0 radical (unpaired) electrons. The van der Waals surface area contributed by atoms with Crippen molar-refractivity contribution in [3.05, 3.63) is 18.1 Å². The molecule has 5 nitrogen and oxygen atoms in total. The van der Waals surface area contributed by atoms with Gasteiger partial charge in [0.25, 0.3) is 0 Å². The molecule has 0 aliphatic rings. The summed E-state index contributed by atoms with van der Waals surface area (Å²) < 4.78 is 0. The van der Waals surface area contributed by atoms with Gasteiger partial charge in [-0.15, -0.1) is 0 Å². The van der Waals surface area contributed by atoms with Crippen LogP contribution < -0.4 is 5.32 Å². The van der Waals surface area contributed by atoms with Crippen molar-refractivity contribution < 1.29 is 9.90 Å². The van der Waals surface area contributed by atoms with Gasteiger partial charge in [0.15, 0.2) is 0 Å². The summed E-state index contributed by atoms with van der Waals surface area (Å²) in [5, 5.41) is 12.1. The first kappa shape index (κ1) is 17.4. The second-order valence-corrected chi connectivity index (χ2v) is 5.79. The van der Waals surface area contributed by atoms with Gasteiger partial charge in [-0.1, -0.05) is 33.6 Å². The van der Waals surface area contributed by atoms with E-state index in [0.29, 0.717) is 11.8 Å². The summed E-state index contributed by atoms with van der Waals surface area (Å²) in [4.78, 5) is 19.1. The lowest BCUT2D eigenvalue weighted by Gasteiger charge is -2.16. The van der Waals surface area contributed by atoms with E-state index in [1.807, 2.05) is 6.07 Å². The second-order valence-electron chi connectivity index (χ2n) is 5.79. The highest BCUT2D eigenvalue weighted by atomic mass is 16.4. The highest BCUT2D eigenvalue weighted by molar-refractivity contribution is 5.66. The molecule has 5 heteroatoms. The quantitative estimate of drug-likeness (QED) is 0.688. The van der Waals surface area contributed by atoms with Crippen LogP contribution in [0.1, 0.15) is 64.5 Å². The lowest BCUT2D eigenvalue weighted by Crippen LogP contribution is -2.12. The predicted molar refractivity (Wildman–Crippen MR) is 84.5 cm³/mol. The van der Waals surface area contributed by atoms with Crippen LogP contribution in [-0.2, 0) is 4.79 Å². The minimum atomic E-state index is -0.707. The number of anilines is 1. The van der Waals surface area contributed by atoms with Crippen molar-refractivity contribution in [2.24, 2.45) is 5.92 Å². The highest BCUT2D eigenvalue weighted by Crippen LogP contribution is 2.18. The van der Waals surface area contributed by atoms with Gasteiger partial charge in [-0.25, -0.2) is 9.97 Å². The maximum absolute atomic E-state index is 10.7. The Labute approximate surface area is 127 Å². The van der Waals surface area contributed by atoms with Crippen LogP contribution in [-0.4, -0.2) is 27.6 Å². The molecular weight excluding hydrogens is 266 g/mol. The maximum Gasteiger partial charge on any atom is 0.303 e. The Bertz CT molecular complexity index is 435. The second kappa shape index (κ2) is 9.32. The smallest absolute Gasteiger partial charge is 0.303 e. The predicted octanol–water partition coefficient (Wildman–Crippen LogP) is 3.68. The van der Waals surface area contributed by atoms with E-state index in [9.17, 15) is 4.79 Å². The Morgan fingerprint density at radius 2 is 2.05 bits per heavy atom. The Balaban J connectivity index is 2.42. The average Bonchev–Trinajstić information content (AvgIpc) is 2.45. The van der Waals surface area contributed by atoms with Gasteiger partial charge in [0.2, 0.25) is 0 Å². The zero-order valence-electron chi connectivity index (χ0n) is 13.3. The Kier molecular flexibility index (Phi) is 7.72. The van der Waals surface area contributed by atoms with Crippen molar-refractivity contribution in [2.45, 2.75) is 58.8 Å². The standard InChI is InChI=1S/C16H27N3O2/c1-4-5-13(6-7-16(20)21)8-9-17-15-10-14(12(2)3)18-11-19-15/h10-13H,4-9H2,1-3H3,(H,20,21)(H,17,18,19). The first-order valence-electron chi connectivity index (χ1n) is 7.80. The van der Waals surface area contributed by atoms with E-state index in [4.69, 9.17) is 5.11 Å². The minimum Gasteiger partial charge on any atom is -0.481 e. The van der Waals surface area contributed by atoms with Crippen molar-refractivity contribution >= 4 is 11.8 Å². The summed E-state index contributed by atoms with van der Waals surface area (Å²) in [6.45, 7) is 7.17. The molecule has 1 aromatic heterocycles. The molecule has 0 aliphatic heterocycles. The molecule has 0 amide bonds. The van der Waals surface area contributed by atoms with Crippen LogP contribution in [0.15, 0.2) is 12.4 Å². The molecule has 0 fully saturated rings. The fourth-order valence-electron chi connectivity index (χ4n) is 2.36. The Hall–Kier alpha value is -1.65. The van der Waals surface area contributed by atoms with Crippen LogP contribution in [0.5, 0.6) is 0 Å². The molecule has 0 aromatic carbocycles. The van der Waals surface area contributed by atoms with Crippen LogP contribution in [0.3, 0.4) is 0 Å². The average molecular weight is 293 g/mol. The molecule has 1 atom stereocenters. The van der Waals surface area contributed by atoms with Gasteiger partial charge >= 0.3 is 5.97 Å².